The van der Waals surface area contributed by atoms with Crippen molar-refractivity contribution < 1.29 is 9.53 Å². The third kappa shape index (κ3) is 3.91. The highest BCUT2D eigenvalue weighted by atomic mass is 16.5. The van der Waals surface area contributed by atoms with Gasteiger partial charge in [0.05, 0.1) is 5.69 Å². The highest BCUT2D eigenvalue weighted by molar-refractivity contribution is 5.91. The van der Waals surface area contributed by atoms with Gasteiger partial charge in [0, 0.05) is 5.69 Å². The van der Waals surface area contributed by atoms with Crippen LogP contribution < -0.4 is 10.1 Å². The second kappa shape index (κ2) is 6.69. The molecule has 1 heterocycles. The Hall–Kier alpha value is -3.22. The average molecular weight is 309 g/mol. The van der Waals surface area contributed by atoms with Crippen molar-refractivity contribution in [1.29, 1.82) is 0 Å². The first kappa shape index (κ1) is 14.7. The Morgan fingerprint density at radius 2 is 2.04 bits per heavy atom. The fourth-order valence-electron chi connectivity index (χ4n) is 2.04. The number of tetrazole rings is 1. The molecule has 1 N–H and O–H groups in total. The monoisotopic (exact) mass is 309 g/mol. The first-order valence-corrected chi connectivity index (χ1v) is 7.03. The van der Waals surface area contributed by atoms with Gasteiger partial charge in [0.2, 0.25) is 0 Å². The molecular weight excluding hydrogens is 294 g/mol. The van der Waals surface area contributed by atoms with Crippen LogP contribution in [0.25, 0.3) is 5.69 Å². The number of carbonyl (C=O) groups is 1. The van der Waals surface area contributed by atoms with Crippen LogP contribution in [0.3, 0.4) is 0 Å². The zero-order valence-corrected chi connectivity index (χ0v) is 12.5. The van der Waals surface area contributed by atoms with Crippen LogP contribution in [0.1, 0.15) is 5.56 Å². The smallest absolute Gasteiger partial charge is 0.262 e. The van der Waals surface area contributed by atoms with E-state index in [0.29, 0.717) is 5.75 Å². The summed E-state index contributed by atoms with van der Waals surface area (Å²) in [4.78, 5) is 11.9. The Bertz CT molecular complexity index is 784. The quantitative estimate of drug-likeness (QED) is 0.779. The van der Waals surface area contributed by atoms with Gasteiger partial charge in [-0.25, -0.2) is 4.68 Å². The van der Waals surface area contributed by atoms with E-state index in [1.54, 1.807) is 12.1 Å². The number of rotatable bonds is 5. The summed E-state index contributed by atoms with van der Waals surface area (Å²) in [5.74, 6) is 0.390. The van der Waals surface area contributed by atoms with Crippen LogP contribution in [0.4, 0.5) is 5.69 Å². The molecule has 0 unspecified atom stereocenters. The zero-order valence-electron chi connectivity index (χ0n) is 12.5. The number of hydrogen-bond acceptors (Lipinski definition) is 5. The van der Waals surface area contributed by atoms with Crippen molar-refractivity contribution in [2.45, 2.75) is 6.92 Å². The number of nitrogens with zero attached hydrogens (tertiary/aromatic N) is 4. The van der Waals surface area contributed by atoms with Crippen LogP contribution in [-0.2, 0) is 4.79 Å². The molecule has 3 rings (SSSR count). The van der Waals surface area contributed by atoms with Crippen LogP contribution in [0.5, 0.6) is 5.75 Å². The molecular formula is C16H15N5O2. The van der Waals surface area contributed by atoms with Gasteiger partial charge in [-0.3, -0.25) is 4.79 Å². The Balaban J connectivity index is 1.54. The number of nitrogens with one attached hydrogen (secondary N) is 1. The zero-order chi connectivity index (χ0) is 16.1. The largest absolute Gasteiger partial charge is 0.484 e. The maximum absolute atomic E-state index is 11.9. The Labute approximate surface area is 132 Å². The lowest BCUT2D eigenvalue weighted by Gasteiger charge is -2.08. The summed E-state index contributed by atoms with van der Waals surface area (Å²) in [5.41, 5.74) is 2.65. The minimum Gasteiger partial charge on any atom is -0.484 e. The summed E-state index contributed by atoms with van der Waals surface area (Å²) >= 11 is 0. The van der Waals surface area contributed by atoms with Crippen molar-refractivity contribution >= 4 is 11.6 Å². The average Bonchev–Trinajstić information content (AvgIpc) is 3.08. The van der Waals surface area contributed by atoms with Crippen molar-refractivity contribution in [3.05, 3.63) is 60.4 Å². The first-order valence-electron chi connectivity index (χ1n) is 7.03. The number of carbonyl (C=O) groups excluding carboxylic acids is 1. The number of anilines is 1. The fourth-order valence-corrected chi connectivity index (χ4v) is 2.04. The maximum Gasteiger partial charge on any atom is 0.262 e. The SMILES string of the molecule is Cc1cccc(NC(=O)COc2ccc(-n3cnnn3)cc2)c1. The summed E-state index contributed by atoms with van der Waals surface area (Å²) in [7, 11) is 0. The van der Waals surface area contributed by atoms with E-state index in [4.69, 9.17) is 4.74 Å². The molecule has 0 radical (unpaired) electrons. The minimum absolute atomic E-state index is 0.0574. The molecule has 3 aromatic rings. The van der Waals surface area contributed by atoms with E-state index in [1.807, 2.05) is 43.3 Å². The summed E-state index contributed by atoms with van der Waals surface area (Å²) in [6.07, 6.45) is 1.51. The molecule has 0 spiro atoms. The van der Waals surface area contributed by atoms with Gasteiger partial charge in [0.1, 0.15) is 12.1 Å². The van der Waals surface area contributed by atoms with Crippen LogP contribution in [0, 0.1) is 6.92 Å². The first-order chi connectivity index (χ1) is 11.2. The topological polar surface area (TPSA) is 81.9 Å². The van der Waals surface area contributed by atoms with E-state index in [2.05, 4.69) is 20.8 Å². The number of aryl methyl sites for hydroxylation is 1. The van der Waals surface area contributed by atoms with Crippen molar-refractivity contribution in [1.82, 2.24) is 20.2 Å². The molecule has 7 heteroatoms. The lowest BCUT2D eigenvalue weighted by Crippen LogP contribution is -2.20. The van der Waals surface area contributed by atoms with Gasteiger partial charge < -0.3 is 10.1 Å². The number of ether oxygens (including phenoxy) is 1. The normalized spacial score (nSPS) is 10.3. The van der Waals surface area contributed by atoms with E-state index in [1.165, 1.54) is 11.0 Å². The van der Waals surface area contributed by atoms with Gasteiger partial charge in [-0.2, -0.15) is 0 Å². The van der Waals surface area contributed by atoms with Gasteiger partial charge in [-0.15, -0.1) is 5.10 Å². The number of hydrogen-bond donors (Lipinski definition) is 1. The number of amides is 1. The van der Waals surface area contributed by atoms with Gasteiger partial charge in [0.25, 0.3) is 5.91 Å². The minimum atomic E-state index is -0.208. The fraction of sp³-hybridized carbons (Fsp3) is 0.125. The summed E-state index contributed by atoms with van der Waals surface area (Å²) in [6, 6.07) is 14.7. The van der Waals surface area contributed by atoms with Crippen LogP contribution in [0.2, 0.25) is 0 Å². The Kier molecular flexibility index (Phi) is 4.28. The van der Waals surface area contributed by atoms with Crippen molar-refractivity contribution in [3.8, 4) is 11.4 Å². The molecule has 0 fully saturated rings. The molecule has 116 valence electrons. The third-order valence-electron chi connectivity index (χ3n) is 3.12. The lowest BCUT2D eigenvalue weighted by atomic mass is 10.2. The van der Waals surface area contributed by atoms with Gasteiger partial charge >= 0.3 is 0 Å². The molecule has 7 nitrogen and oxygen atoms in total. The van der Waals surface area contributed by atoms with Crippen molar-refractivity contribution in [2.75, 3.05) is 11.9 Å². The molecule has 0 saturated heterocycles. The third-order valence-corrected chi connectivity index (χ3v) is 3.12. The van der Waals surface area contributed by atoms with Crippen LogP contribution in [-0.4, -0.2) is 32.7 Å². The molecule has 2 aromatic carbocycles. The molecule has 1 aromatic heterocycles. The highest BCUT2D eigenvalue weighted by Crippen LogP contribution is 2.14. The van der Waals surface area contributed by atoms with Crippen LogP contribution >= 0.6 is 0 Å². The summed E-state index contributed by atoms with van der Waals surface area (Å²) < 4.78 is 7.01. The molecule has 0 saturated carbocycles. The summed E-state index contributed by atoms with van der Waals surface area (Å²) in [6.45, 7) is 1.91. The predicted molar refractivity (Wildman–Crippen MR) is 84.5 cm³/mol. The molecule has 0 atom stereocenters. The highest BCUT2D eigenvalue weighted by Gasteiger charge is 2.04. The van der Waals surface area contributed by atoms with Gasteiger partial charge in [-0.05, 0) is 59.3 Å². The van der Waals surface area contributed by atoms with E-state index in [0.717, 1.165) is 16.9 Å². The van der Waals surface area contributed by atoms with Crippen LogP contribution in [0.15, 0.2) is 54.9 Å². The van der Waals surface area contributed by atoms with E-state index < -0.39 is 0 Å². The Morgan fingerprint density at radius 1 is 1.22 bits per heavy atom. The molecule has 0 aliphatic rings. The van der Waals surface area contributed by atoms with Gasteiger partial charge in [-0.1, -0.05) is 12.1 Å². The molecule has 1 amide bonds. The van der Waals surface area contributed by atoms with Gasteiger partial charge in [0.15, 0.2) is 6.61 Å². The second-order valence-corrected chi connectivity index (χ2v) is 4.95. The Morgan fingerprint density at radius 3 is 2.74 bits per heavy atom. The number of aromatic nitrogens is 4. The lowest BCUT2D eigenvalue weighted by molar-refractivity contribution is -0.118. The molecule has 0 bridgehead atoms. The second-order valence-electron chi connectivity index (χ2n) is 4.95. The molecule has 0 aliphatic heterocycles. The molecule has 0 aliphatic carbocycles. The molecule has 23 heavy (non-hydrogen) atoms. The maximum atomic E-state index is 11.9. The summed E-state index contributed by atoms with van der Waals surface area (Å²) in [5, 5.41) is 13.7. The standard InChI is InChI=1S/C16H15N5O2/c1-12-3-2-4-13(9-12)18-16(22)10-23-15-7-5-14(6-8-15)21-11-17-19-20-21/h2-9,11H,10H2,1H3,(H,18,22). The number of benzene rings is 2. The van der Waals surface area contributed by atoms with Crippen molar-refractivity contribution in [3.63, 3.8) is 0 Å². The predicted octanol–water partition coefficient (Wildman–Crippen LogP) is 1.99. The van der Waals surface area contributed by atoms with E-state index in [9.17, 15) is 4.79 Å². The van der Waals surface area contributed by atoms with E-state index >= 15 is 0 Å². The van der Waals surface area contributed by atoms with Crippen molar-refractivity contribution in [2.24, 2.45) is 0 Å². The van der Waals surface area contributed by atoms with E-state index in [-0.39, 0.29) is 12.5 Å².